The number of carbonyl (C=O) groups excluding carboxylic acids is 1. The van der Waals surface area contributed by atoms with Crippen LogP contribution < -0.4 is 0 Å². The summed E-state index contributed by atoms with van der Waals surface area (Å²) in [6, 6.07) is 2.18. The molecule has 0 radical (unpaired) electrons. The van der Waals surface area contributed by atoms with Gasteiger partial charge in [0.05, 0.1) is 21.7 Å². The molecule has 0 N–H and O–H groups in total. The summed E-state index contributed by atoms with van der Waals surface area (Å²) in [5.41, 5.74) is 0.953. The molecular formula is C41H60N2O2S6. The van der Waals surface area contributed by atoms with Crippen LogP contribution in [0.15, 0.2) is 49.1 Å². The molecule has 0 aromatic heterocycles. The summed E-state index contributed by atoms with van der Waals surface area (Å²) in [4.78, 5) is 24.2. The van der Waals surface area contributed by atoms with Crippen LogP contribution in [0.2, 0.25) is 0 Å². The summed E-state index contributed by atoms with van der Waals surface area (Å²) < 4.78 is 7.15. The minimum Gasteiger partial charge on any atom is -0.462 e. The Morgan fingerprint density at radius 3 is 1.33 bits per heavy atom. The number of hydrogen-bond acceptors (Lipinski definition) is 9. The van der Waals surface area contributed by atoms with Crippen molar-refractivity contribution in [3.05, 3.63) is 31.2 Å². The van der Waals surface area contributed by atoms with Gasteiger partial charge in [-0.2, -0.15) is 5.26 Å². The Hall–Kier alpha value is -0.750. The van der Waals surface area contributed by atoms with Gasteiger partial charge < -0.3 is 4.74 Å². The predicted octanol–water partition coefficient (Wildman–Crippen LogP) is 15.9. The van der Waals surface area contributed by atoms with Gasteiger partial charge in [0, 0.05) is 29.4 Å². The number of benzene rings is 1. The van der Waals surface area contributed by atoms with Gasteiger partial charge in [0.1, 0.15) is 6.07 Å². The second kappa shape index (κ2) is 26.9. The molecule has 0 aliphatic carbocycles. The number of carbonyl (C=O) groups is 1. The first-order valence-corrected chi connectivity index (χ1v) is 24.9. The molecule has 0 saturated heterocycles. The van der Waals surface area contributed by atoms with E-state index < -0.39 is 5.97 Å². The van der Waals surface area contributed by atoms with E-state index >= 15 is 0 Å². The number of allylic oxidation sites excluding steroid dienone is 1. The number of rotatable bonds is 27. The van der Waals surface area contributed by atoms with Crippen molar-refractivity contribution < 1.29 is 9.53 Å². The molecule has 0 bridgehead atoms. The Morgan fingerprint density at radius 2 is 1.00 bits per heavy atom. The summed E-state index contributed by atoms with van der Waals surface area (Å²) in [5, 5.41) is 10.1. The lowest BCUT2D eigenvalue weighted by Crippen LogP contribution is -2.07. The molecule has 0 fully saturated rings. The molecule has 51 heavy (non-hydrogen) atoms. The largest absolute Gasteiger partial charge is 0.462 e. The van der Waals surface area contributed by atoms with Crippen molar-refractivity contribution in [2.75, 3.05) is 18.1 Å². The van der Waals surface area contributed by atoms with Crippen LogP contribution in [0.3, 0.4) is 0 Å². The van der Waals surface area contributed by atoms with Crippen LogP contribution in [0.4, 0.5) is 0 Å². The highest BCUT2D eigenvalue weighted by molar-refractivity contribution is 8.26. The highest BCUT2D eigenvalue weighted by atomic mass is 32.2. The fourth-order valence-corrected chi connectivity index (χ4v) is 14.9. The monoisotopic (exact) mass is 804 g/mol. The van der Waals surface area contributed by atoms with Gasteiger partial charge in [-0.3, -0.25) is 0 Å². The number of nitrogens with zero attached hydrogens (tertiary/aromatic N) is 2. The van der Waals surface area contributed by atoms with Gasteiger partial charge in [-0.15, -0.1) is 23.5 Å². The summed E-state index contributed by atoms with van der Waals surface area (Å²) in [6.45, 7) is 16.5. The van der Waals surface area contributed by atoms with Gasteiger partial charge >= 0.3 is 5.97 Å². The smallest absolute Gasteiger partial charge is 0.350 e. The topological polar surface area (TPSA) is 54.5 Å². The number of nitriles is 1. The lowest BCUT2D eigenvalue weighted by molar-refractivity contribution is -0.138. The van der Waals surface area contributed by atoms with Crippen molar-refractivity contribution in [1.82, 2.24) is 0 Å². The molecule has 0 unspecified atom stereocenters. The third-order valence-electron chi connectivity index (χ3n) is 9.01. The SMILES string of the molecule is [C-]#[N+]C(CC)=C1Sc2c(SCCCCCCCCCCCC)c3c(c(SCCCCCCCCCCCC)c2S1)SC(=C(C#N)C(=O)OCC)S3. The van der Waals surface area contributed by atoms with Gasteiger partial charge in [0.15, 0.2) is 11.3 Å². The molecule has 0 atom stereocenters. The van der Waals surface area contributed by atoms with Crippen LogP contribution in [0.5, 0.6) is 0 Å². The Bertz CT molecular complexity index is 1320. The molecule has 2 aliphatic rings. The van der Waals surface area contributed by atoms with E-state index in [0.717, 1.165) is 32.1 Å². The van der Waals surface area contributed by atoms with Crippen LogP contribution >= 0.6 is 70.6 Å². The fourth-order valence-electron chi connectivity index (χ4n) is 6.06. The van der Waals surface area contributed by atoms with E-state index in [-0.39, 0.29) is 12.2 Å². The van der Waals surface area contributed by atoms with E-state index in [9.17, 15) is 10.1 Å². The number of thioether (sulfide) groups is 6. The molecule has 282 valence electrons. The first-order chi connectivity index (χ1) is 25.0. The number of hydrogen-bond donors (Lipinski definition) is 0. The van der Waals surface area contributed by atoms with E-state index in [0.29, 0.717) is 0 Å². The van der Waals surface area contributed by atoms with Gasteiger partial charge in [-0.25, -0.2) is 9.64 Å². The zero-order valence-corrected chi connectivity index (χ0v) is 36.5. The highest BCUT2D eigenvalue weighted by Gasteiger charge is 2.37. The predicted molar refractivity (Wildman–Crippen MR) is 228 cm³/mol. The molecule has 10 heteroatoms. The maximum Gasteiger partial charge on any atom is 0.350 e. The van der Waals surface area contributed by atoms with E-state index in [1.807, 2.05) is 23.5 Å². The molecule has 2 heterocycles. The molecular weight excluding hydrogens is 745 g/mol. The number of esters is 1. The molecule has 2 aliphatic heterocycles. The number of unbranched alkanes of at least 4 members (excludes halogenated alkanes) is 18. The van der Waals surface area contributed by atoms with Crippen molar-refractivity contribution in [3.8, 4) is 6.07 Å². The fraction of sp³-hybridized carbons (Fsp3) is 0.683. The average Bonchev–Trinajstić information content (AvgIpc) is 3.76. The standard InChI is InChI=1S/C41H60N2O2S6/c1-6-10-12-14-16-18-20-22-24-26-28-46-33-35-36(49-40(48-35)31(30-42)39(44)45-9-4)34(38-37(33)50-41(51-38)32(8-3)43-5)47-29-27-25-23-21-19-17-15-13-11-7-2/h6-29H2,1-4H3. The van der Waals surface area contributed by atoms with Crippen molar-refractivity contribution in [2.24, 2.45) is 0 Å². The van der Waals surface area contributed by atoms with Crippen molar-refractivity contribution >= 4 is 76.5 Å². The van der Waals surface area contributed by atoms with Gasteiger partial charge in [0.25, 0.3) is 0 Å². The van der Waals surface area contributed by atoms with Crippen LogP contribution in [-0.2, 0) is 9.53 Å². The summed E-state index contributed by atoms with van der Waals surface area (Å²) >= 11 is 10.6. The Labute approximate surface area is 336 Å². The summed E-state index contributed by atoms with van der Waals surface area (Å²) in [6.07, 6.45) is 27.1. The van der Waals surface area contributed by atoms with Crippen molar-refractivity contribution in [2.45, 2.75) is 192 Å². The lowest BCUT2D eigenvalue weighted by atomic mass is 10.1. The molecule has 1 aromatic carbocycles. The van der Waals surface area contributed by atoms with E-state index in [1.165, 1.54) is 158 Å². The second-order valence-corrected chi connectivity index (χ2v) is 19.9. The lowest BCUT2D eigenvalue weighted by Gasteiger charge is -2.16. The molecule has 0 saturated carbocycles. The summed E-state index contributed by atoms with van der Waals surface area (Å²) in [5.74, 6) is 1.55. The number of fused-ring (bicyclic) bond motifs is 2. The molecule has 4 nitrogen and oxygen atoms in total. The van der Waals surface area contributed by atoms with Gasteiger partial charge in [-0.05, 0) is 37.7 Å². The minimum atomic E-state index is -0.534. The van der Waals surface area contributed by atoms with E-state index in [1.54, 1.807) is 54.0 Å². The summed E-state index contributed by atoms with van der Waals surface area (Å²) in [7, 11) is 0. The van der Waals surface area contributed by atoms with Crippen LogP contribution in [0.25, 0.3) is 4.85 Å². The molecule has 3 rings (SSSR count). The molecule has 0 amide bonds. The zero-order valence-electron chi connectivity index (χ0n) is 31.6. The quantitative estimate of drug-likeness (QED) is 0.0216. The number of ether oxygens (including phenoxy) is 1. The third kappa shape index (κ3) is 14.8. The molecule has 0 spiro atoms. The zero-order chi connectivity index (χ0) is 36.7. The van der Waals surface area contributed by atoms with Crippen LogP contribution in [0.1, 0.15) is 163 Å². The van der Waals surface area contributed by atoms with E-state index in [4.69, 9.17) is 11.3 Å². The van der Waals surface area contributed by atoms with Crippen molar-refractivity contribution in [1.29, 1.82) is 5.26 Å². The second-order valence-electron chi connectivity index (χ2n) is 13.1. The first-order valence-electron chi connectivity index (χ1n) is 19.7. The van der Waals surface area contributed by atoms with Gasteiger partial charge in [-0.1, -0.05) is 183 Å². The third-order valence-corrected chi connectivity index (χ3v) is 17.2. The maximum atomic E-state index is 12.9. The Balaban J connectivity index is 1.78. The van der Waals surface area contributed by atoms with Gasteiger partial charge in [0.2, 0.25) is 0 Å². The maximum absolute atomic E-state index is 12.9. The van der Waals surface area contributed by atoms with Crippen molar-refractivity contribution in [3.63, 3.8) is 0 Å². The first kappa shape index (κ1) is 44.6. The van der Waals surface area contributed by atoms with Crippen LogP contribution in [-0.4, -0.2) is 24.1 Å². The normalized spacial score (nSPS) is 13.2. The average molecular weight is 805 g/mol. The molecule has 1 aromatic rings. The van der Waals surface area contributed by atoms with E-state index in [2.05, 4.69) is 31.7 Å². The van der Waals surface area contributed by atoms with Crippen LogP contribution in [0, 0.1) is 17.9 Å². The Kier molecular flexibility index (Phi) is 23.6. The highest BCUT2D eigenvalue weighted by Crippen LogP contribution is 2.67. The Morgan fingerprint density at radius 1 is 0.627 bits per heavy atom. The minimum absolute atomic E-state index is 0.113.